The number of benzene rings is 3. The van der Waals surface area contributed by atoms with Gasteiger partial charge < -0.3 is 14.7 Å². The topological polar surface area (TPSA) is 88.3 Å². The monoisotopic (exact) mass is 452 g/mol. The molecule has 2 heterocycles. The summed E-state index contributed by atoms with van der Waals surface area (Å²) in [6, 6.07) is 24.9. The fourth-order valence-corrected chi connectivity index (χ4v) is 4.15. The van der Waals surface area contributed by atoms with Gasteiger partial charge in [-0.3, -0.25) is 9.59 Å². The molecule has 1 fully saturated rings. The molecule has 1 aliphatic rings. The zero-order valence-electron chi connectivity index (χ0n) is 18.8. The molecule has 1 atom stereocenters. The summed E-state index contributed by atoms with van der Waals surface area (Å²) in [7, 11) is 0. The molecule has 170 valence electrons. The van der Waals surface area contributed by atoms with Crippen molar-refractivity contribution in [2.75, 3.05) is 11.9 Å². The summed E-state index contributed by atoms with van der Waals surface area (Å²) in [6.45, 7) is 2.90. The van der Waals surface area contributed by atoms with E-state index in [-0.39, 0.29) is 18.2 Å². The van der Waals surface area contributed by atoms with Gasteiger partial charge in [-0.05, 0) is 30.7 Å². The van der Waals surface area contributed by atoms with Gasteiger partial charge in [-0.2, -0.15) is 4.98 Å². The predicted molar refractivity (Wildman–Crippen MR) is 129 cm³/mol. The molecule has 1 saturated heterocycles. The van der Waals surface area contributed by atoms with Crippen molar-refractivity contribution in [2.45, 2.75) is 19.9 Å². The lowest BCUT2D eigenvalue weighted by molar-refractivity contribution is -0.128. The van der Waals surface area contributed by atoms with Crippen LogP contribution in [0.5, 0.6) is 0 Å². The highest BCUT2D eigenvalue weighted by Gasteiger charge is 2.34. The number of carbonyl (C=O) groups is 2. The van der Waals surface area contributed by atoms with Crippen molar-refractivity contribution in [1.29, 1.82) is 0 Å². The van der Waals surface area contributed by atoms with Gasteiger partial charge in [0.2, 0.25) is 17.6 Å². The second-order valence-electron chi connectivity index (χ2n) is 8.49. The first-order valence-electron chi connectivity index (χ1n) is 11.2. The number of hydrogen-bond donors (Lipinski definition) is 1. The minimum atomic E-state index is -0.421. The van der Waals surface area contributed by atoms with E-state index in [0.29, 0.717) is 36.1 Å². The molecule has 0 aliphatic carbocycles. The molecule has 0 bridgehead atoms. The fraction of sp³-hybridized carbons (Fsp3) is 0.185. The number of rotatable bonds is 6. The number of para-hydroxylation sites is 1. The Hall–Kier alpha value is -4.26. The van der Waals surface area contributed by atoms with Gasteiger partial charge in [0, 0.05) is 25.1 Å². The number of anilines is 1. The maximum atomic E-state index is 13.0. The number of hydrogen-bond acceptors (Lipinski definition) is 5. The molecule has 7 nitrogen and oxygen atoms in total. The fourth-order valence-electron chi connectivity index (χ4n) is 4.15. The predicted octanol–water partition coefficient (Wildman–Crippen LogP) is 4.70. The van der Waals surface area contributed by atoms with Gasteiger partial charge in [0.15, 0.2) is 0 Å². The van der Waals surface area contributed by atoms with E-state index in [4.69, 9.17) is 4.52 Å². The van der Waals surface area contributed by atoms with E-state index in [9.17, 15) is 9.59 Å². The number of aromatic nitrogens is 2. The Balaban J connectivity index is 1.31. The summed E-state index contributed by atoms with van der Waals surface area (Å²) in [5.74, 6) is 0.167. The van der Waals surface area contributed by atoms with Crippen molar-refractivity contribution in [3.63, 3.8) is 0 Å². The highest BCUT2D eigenvalue weighted by atomic mass is 16.5. The first-order valence-corrected chi connectivity index (χ1v) is 11.2. The first kappa shape index (κ1) is 21.6. The van der Waals surface area contributed by atoms with Crippen molar-refractivity contribution < 1.29 is 14.1 Å². The molecule has 1 N–H and O–H groups in total. The maximum Gasteiger partial charge on any atom is 0.260 e. The highest BCUT2D eigenvalue weighted by Crippen LogP contribution is 2.30. The third-order valence-corrected chi connectivity index (χ3v) is 5.92. The minimum Gasteiger partial charge on any atom is -0.338 e. The van der Waals surface area contributed by atoms with Crippen LogP contribution in [0.2, 0.25) is 0 Å². The van der Waals surface area contributed by atoms with E-state index in [0.717, 1.165) is 16.7 Å². The van der Waals surface area contributed by atoms with Crippen molar-refractivity contribution in [3.8, 4) is 22.8 Å². The zero-order chi connectivity index (χ0) is 23.5. The number of nitrogens with zero attached hydrogens (tertiary/aromatic N) is 3. The molecule has 0 radical (unpaired) electrons. The van der Waals surface area contributed by atoms with Crippen LogP contribution in [0.4, 0.5) is 5.69 Å². The summed E-state index contributed by atoms with van der Waals surface area (Å²) in [5, 5.41) is 7.08. The van der Waals surface area contributed by atoms with Gasteiger partial charge in [-0.25, -0.2) is 0 Å². The number of amides is 2. The Morgan fingerprint density at radius 3 is 2.68 bits per heavy atom. The van der Waals surface area contributed by atoms with E-state index in [1.54, 1.807) is 11.0 Å². The summed E-state index contributed by atoms with van der Waals surface area (Å²) in [5.41, 5.74) is 4.21. The molecule has 0 unspecified atom stereocenters. The minimum absolute atomic E-state index is 0.0167. The Labute approximate surface area is 197 Å². The van der Waals surface area contributed by atoms with Crippen LogP contribution in [0.15, 0.2) is 83.4 Å². The van der Waals surface area contributed by atoms with Gasteiger partial charge in [0.1, 0.15) is 0 Å². The van der Waals surface area contributed by atoms with Crippen LogP contribution >= 0.6 is 0 Å². The second-order valence-corrected chi connectivity index (χ2v) is 8.49. The van der Waals surface area contributed by atoms with Crippen LogP contribution in [-0.2, 0) is 16.1 Å². The van der Waals surface area contributed by atoms with E-state index in [1.807, 2.05) is 79.7 Å². The van der Waals surface area contributed by atoms with Gasteiger partial charge in [0.05, 0.1) is 17.2 Å². The van der Waals surface area contributed by atoms with E-state index in [2.05, 4.69) is 15.5 Å². The first-order chi connectivity index (χ1) is 16.6. The Morgan fingerprint density at radius 1 is 1.06 bits per heavy atom. The van der Waals surface area contributed by atoms with Crippen molar-refractivity contribution in [3.05, 3.63) is 90.0 Å². The van der Waals surface area contributed by atoms with Crippen molar-refractivity contribution in [1.82, 2.24) is 15.0 Å². The molecular formula is C27H24N4O3. The van der Waals surface area contributed by atoms with Gasteiger partial charge in [-0.1, -0.05) is 71.4 Å². The van der Waals surface area contributed by atoms with E-state index < -0.39 is 5.92 Å². The molecule has 0 saturated carbocycles. The van der Waals surface area contributed by atoms with E-state index >= 15 is 0 Å². The largest absolute Gasteiger partial charge is 0.338 e. The smallest absolute Gasteiger partial charge is 0.260 e. The second kappa shape index (κ2) is 9.31. The van der Waals surface area contributed by atoms with Gasteiger partial charge in [0.25, 0.3) is 5.89 Å². The molecule has 4 aromatic rings. The Kier molecular flexibility index (Phi) is 5.91. The molecule has 5 rings (SSSR count). The van der Waals surface area contributed by atoms with Crippen molar-refractivity contribution >= 4 is 17.5 Å². The average molecular weight is 453 g/mol. The van der Waals surface area contributed by atoms with Crippen molar-refractivity contribution in [2.24, 2.45) is 5.92 Å². The SMILES string of the molecule is Cc1cccc(-c2noc(-c3ccccc3NC(=O)[C@@H]3CC(=O)N(Cc4ccccc4)C3)n2)c1. The molecule has 2 amide bonds. The lowest BCUT2D eigenvalue weighted by Gasteiger charge is -2.17. The van der Waals surface area contributed by atoms with Crippen LogP contribution in [0.25, 0.3) is 22.8 Å². The third kappa shape index (κ3) is 4.59. The number of likely N-dealkylation sites (tertiary alicyclic amines) is 1. The standard InChI is InChI=1S/C27H24N4O3/c1-18-8-7-11-20(14-18)25-29-27(34-30-25)22-12-5-6-13-23(22)28-26(33)21-15-24(32)31(17-21)16-19-9-3-2-4-10-19/h2-14,21H,15-17H2,1H3,(H,28,33)/t21-/m1/s1. The normalized spacial score (nSPS) is 15.5. The quantitative estimate of drug-likeness (QED) is 0.458. The lowest BCUT2D eigenvalue weighted by Crippen LogP contribution is -2.28. The maximum absolute atomic E-state index is 13.0. The number of carbonyl (C=O) groups excluding carboxylic acids is 2. The molecule has 34 heavy (non-hydrogen) atoms. The number of nitrogens with one attached hydrogen (secondary N) is 1. The Bertz CT molecular complexity index is 1330. The zero-order valence-corrected chi connectivity index (χ0v) is 18.8. The van der Waals surface area contributed by atoms with E-state index in [1.165, 1.54) is 0 Å². The highest BCUT2D eigenvalue weighted by molar-refractivity contribution is 5.99. The third-order valence-electron chi connectivity index (χ3n) is 5.92. The molecular weight excluding hydrogens is 428 g/mol. The van der Waals surface area contributed by atoms with Gasteiger partial charge >= 0.3 is 0 Å². The average Bonchev–Trinajstić information content (AvgIpc) is 3.48. The molecule has 1 aromatic heterocycles. The molecule has 1 aliphatic heterocycles. The Morgan fingerprint density at radius 2 is 1.85 bits per heavy atom. The molecule has 7 heteroatoms. The van der Waals surface area contributed by atoms with Crippen LogP contribution in [0, 0.1) is 12.8 Å². The lowest BCUT2D eigenvalue weighted by atomic mass is 10.1. The summed E-state index contributed by atoms with van der Waals surface area (Å²) in [6.07, 6.45) is 0.193. The van der Waals surface area contributed by atoms with Crippen LogP contribution in [0.3, 0.4) is 0 Å². The van der Waals surface area contributed by atoms with Crippen LogP contribution < -0.4 is 5.32 Å². The summed E-state index contributed by atoms with van der Waals surface area (Å²) in [4.78, 5) is 31.8. The molecule has 0 spiro atoms. The van der Waals surface area contributed by atoms with Crippen LogP contribution in [-0.4, -0.2) is 33.4 Å². The van der Waals surface area contributed by atoms with Crippen LogP contribution in [0.1, 0.15) is 17.5 Å². The molecule has 3 aromatic carbocycles. The van der Waals surface area contributed by atoms with Gasteiger partial charge in [-0.15, -0.1) is 0 Å². The number of aryl methyl sites for hydroxylation is 1. The summed E-state index contributed by atoms with van der Waals surface area (Å²) >= 11 is 0. The summed E-state index contributed by atoms with van der Waals surface area (Å²) < 4.78 is 5.52.